The van der Waals surface area contributed by atoms with Gasteiger partial charge in [0, 0.05) is 26.9 Å². The Balaban J connectivity index is 1.27. The van der Waals surface area contributed by atoms with Crippen molar-refractivity contribution >= 4 is 0 Å². The summed E-state index contributed by atoms with van der Waals surface area (Å²) in [7, 11) is 1.77. The molecule has 0 amide bonds. The molecular weight excluding hydrogens is 400 g/mol. The molecule has 3 rings (SSSR count). The second-order valence-corrected chi connectivity index (χ2v) is 9.73. The molecule has 0 aliphatic heterocycles. The topological polar surface area (TPSA) is 36.9 Å². The number of hydrogen-bond acceptors (Lipinski definition) is 4. The number of benzene rings is 1. The van der Waals surface area contributed by atoms with Gasteiger partial charge in [0.1, 0.15) is 5.75 Å². The molecular formula is C28H46O4. The Bertz CT molecular complexity index is 586. The Labute approximate surface area is 196 Å². The van der Waals surface area contributed by atoms with E-state index < -0.39 is 0 Å². The largest absolute Gasteiger partial charge is 0.494 e. The van der Waals surface area contributed by atoms with Gasteiger partial charge in [-0.05, 0) is 107 Å². The van der Waals surface area contributed by atoms with E-state index in [1.165, 1.54) is 69.8 Å². The Morgan fingerprint density at radius 2 is 1.34 bits per heavy atom. The van der Waals surface area contributed by atoms with Crippen molar-refractivity contribution in [2.45, 2.75) is 102 Å². The second-order valence-electron chi connectivity index (χ2n) is 9.73. The van der Waals surface area contributed by atoms with Crippen LogP contribution in [-0.2, 0) is 14.2 Å². The summed E-state index contributed by atoms with van der Waals surface area (Å²) in [5.41, 5.74) is 1.46. The quantitative estimate of drug-likeness (QED) is 0.291. The van der Waals surface area contributed by atoms with Crippen molar-refractivity contribution < 1.29 is 18.9 Å². The van der Waals surface area contributed by atoms with Crippen LogP contribution in [0.2, 0.25) is 0 Å². The van der Waals surface area contributed by atoms with Gasteiger partial charge < -0.3 is 18.9 Å². The standard InChI is InChI=1S/C28H46O4/c1-3-30-26-14-8-23(9-15-26)22-32-28-18-12-25(13-19-28)24-10-16-27(17-11-24)31-21-7-5-4-6-20-29-2/h10-11,16-17,23,25-26,28H,3-9,12-15,18-22H2,1-2H3. The van der Waals surface area contributed by atoms with E-state index >= 15 is 0 Å². The molecule has 0 radical (unpaired) electrons. The van der Waals surface area contributed by atoms with Crippen LogP contribution >= 0.6 is 0 Å². The predicted molar refractivity (Wildman–Crippen MR) is 131 cm³/mol. The van der Waals surface area contributed by atoms with Gasteiger partial charge in [-0.1, -0.05) is 18.6 Å². The number of rotatable bonds is 14. The zero-order chi connectivity index (χ0) is 22.4. The lowest BCUT2D eigenvalue weighted by molar-refractivity contribution is -0.0230. The molecule has 0 unspecified atom stereocenters. The normalized spacial score (nSPS) is 26.2. The molecule has 4 heteroatoms. The van der Waals surface area contributed by atoms with E-state index in [-0.39, 0.29) is 0 Å². The molecule has 2 aliphatic carbocycles. The van der Waals surface area contributed by atoms with Crippen LogP contribution in [0, 0.1) is 5.92 Å². The molecule has 0 atom stereocenters. The highest BCUT2D eigenvalue weighted by atomic mass is 16.5. The maximum absolute atomic E-state index is 6.34. The highest BCUT2D eigenvalue weighted by Gasteiger charge is 2.26. The van der Waals surface area contributed by atoms with Crippen LogP contribution < -0.4 is 4.74 Å². The van der Waals surface area contributed by atoms with Gasteiger partial charge in [0.2, 0.25) is 0 Å². The highest BCUT2D eigenvalue weighted by molar-refractivity contribution is 5.29. The smallest absolute Gasteiger partial charge is 0.119 e. The van der Waals surface area contributed by atoms with Crippen LogP contribution in [0.4, 0.5) is 0 Å². The van der Waals surface area contributed by atoms with Crippen LogP contribution in [0.5, 0.6) is 5.75 Å². The van der Waals surface area contributed by atoms with Gasteiger partial charge in [-0.15, -0.1) is 0 Å². The molecule has 0 spiro atoms. The maximum Gasteiger partial charge on any atom is 0.119 e. The molecule has 182 valence electrons. The Morgan fingerprint density at radius 3 is 2.00 bits per heavy atom. The van der Waals surface area contributed by atoms with Crippen LogP contribution in [0.1, 0.15) is 95.5 Å². The van der Waals surface area contributed by atoms with E-state index in [4.69, 9.17) is 18.9 Å². The predicted octanol–water partition coefficient (Wildman–Crippen LogP) is 6.91. The summed E-state index contributed by atoms with van der Waals surface area (Å²) in [5.74, 6) is 2.41. The number of ether oxygens (including phenoxy) is 4. The minimum atomic E-state index is 0.461. The Morgan fingerprint density at radius 1 is 0.719 bits per heavy atom. The fourth-order valence-electron chi connectivity index (χ4n) is 5.26. The second kappa shape index (κ2) is 14.9. The van der Waals surface area contributed by atoms with Gasteiger partial charge in [-0.2, -0.15) is 0 Å². The van der Waals surface area contributed by atoms with Gasteiger partial charge in [0.25, 0.3) is 0 Å². The van der Waals surface area contributed by atoms with Crippen LogP contribution in [0.3, 0.4) is 0 Å². The first kappa shape index (κ1) is 25.5. The molecule has 0 bridgehead atoms. The summed E-state index contributed by atoms with van der Waals surface area (Å²) >= 11 is 0. The molecule has 2 aliphatic rings. The minimum absolute atomic E-state index is 0.461. The van der Waals surface area contributed by atoms with E-state index in [0.29, 0.717) is 18.1 Å². The summed E-state index contributed by atoms with van der Waals surface area (Å²) < 4.78 is 23.1. The molecule has 32 heavy (non-hydrogen) atoms. The van der Waals surface area contributed by atoms with E-state index in [2.05, 4.69) is 31.2 Å². The third kappa shape index (κ3) is 9.03. The van der Waals surface area contributed by atoms with Crippen molar-refractivity contribution in [2.75, 3.05) is 33.5 Å². The summed E-state index contributed by atoms with van der Waals surface area (Å²) in [5, 5.41) is 0. The van der Waals surface area contributed by atoms with Gasteiger partial charge in [-0.25, -0.2) is 0 Å². The number of unbranched alkanes of at least 4 members (excludes halogenated alkanes) is 3. The lowest BCUT2D eigenvalue weighted by atomic mass is 9.82. The summed E-state index contributed by atoms with van der Waals surface area (Å²) in [4.78, 5) is 0. The molecule has 1 aromatic rings. The van der Waals surface area contributed by atoms with Crippen molar-refractivity contribution in [3.05, 3.63) is 29.8 Å². The lowest BCUT2D eigenvalue weighted by Gasteiger charge is -2.32. The molecule has 2 saturated carbocycles. The van der Waals surface area contributed by atoms with Crippen molar-refractivity contribution in [2.24, 2.45) is 5.92 Å². The zero-order valence-electron chi connectivity index (χ0n) is 20.6. The van der Waals surface area contributed by atoms with Gasteiger partial charge in [0.15, 0.2) is 0 Å². The molecule has 0 heterocycles. The Hall–Kier alpha value is -1.10. The first-order valence-electron chi connectivity index (χ1n) is 13.2. The Kier molecular flexibility index (Phi) is 11.9. The average Bonchev–Trinajstić information content (AvgIpc) is 2.84. The van der Waals surface area contributed by atoms with Crippen LogP contribution in [0.15, 0.2) is 24.3 Å². The molecule has 2 fully saturated rings. The maximum atomic E-state index is 6.34. The number of methoxy groups -OCH3 is 1. The van der Waals surface area contributed by atoms with Gasteiger partial charge >= 0.3 is 0 Å². The molecule has 0 aromatic heterocycles. The lowest BCUT2D eigenvalue weighted by Crippen LogP contribution is -2.27. The van der Waals surface area contributed by atoms with Gasteiger partial charge in [-0.3, -0.25) is 0 Å². The number of hydrogen-bond donors (Lipinski definition) is 0. The first-order valence-corrected chi connectivity index (χ1v) is 13.2. The fraction of sp³-hybridized carbons (Fsp3) is 0.786. The molecule has 0 saturated heterocycles. The third-order valence-electron chi connectivity index (χ3n) is 7.30. The van der Waals surface area contributed by atoms with Crippen molar-refractivity contribution in [1.29, 1.82) is 0 Å². The zero-order valence-corrected chi connectivity index (χ0v) is 20.6. The van der Waals surface area contributed by atoms with Gasteiger partial charge in [0.05, 0.1) is 18.8 Å². The molecule has 4 nitrogen and oxygen atoms in total. The minimum Gasteiger partial charge on any atom is -0.494 e. The summed E-state index contributed by atoms with van der Waals surface area (Å²) in [6.45, 7) is 5.57. The molecule has 1 aromatic carbocycles. The van der Waals surface area contributed by atoms with E-state index in [1.807, 2.05) is 0 Å². The molecule has 0 N–H and O–H groups in total. The fourth-order valence-corrected chi connectivity index (χ4v) is 5.26. The van der Waals surface area contributed by atoms with Crippen molar-refractivity contribution in [3.63, 3.8) is 0 Å². The SMILES string of the molecule is CCOC1CCC(COC2CCC(c3ccc(OCCCCCCOC)cc3)CC2)CC1. The average molecular weight is 447 g/mol. The van der Waals surface area contributed by atoms with Crippen LogP contribution in [-0.4, -0.2) is 45.7 Å². The van der Waals surface area contributed by atoms with Crippen molar-refractivity contribution in [3.8, 4) is 5.75 Å². The van der Waals surface area contributed by atoms with Crippen LogP contribution in [0.25, 0.3) is 0 Å². The van der Waals surface area contributed by atoms with E-state index in [9.17, 15) is 0 Å². The first-order chi connectivity index (χ1) is 15.8. The monoisotopic (exact) mass is 446 g/mol. The third-order valence-corrected chi connectivity index (χ3v) is 7.30. The summed E-state index contributed by atoms with van der Waals surface area (Å²) in [6.07, 6.45) is 15.5. The highest BCUT2D eigenvalue weighted by Crippen LogP contribution is 2.35. The van der Waals surface area contributed by atoms with E-state index in [0.717, 1.165) is 50.9 Å². The van der Waals surface area contributed by atoms with E-state index in [1.54, 1.807) is 7.11 Å². The summed E-state index contributed by atoms with van der Waals surface area (Å²) in [6, 6.07) is 8.86. The van der Waals surface area contributed by atoms with Crippen molar-refractivity contribution in [1.82, 2.24) is 0 Å².